The summed E-state index contributed by atoms with van der Waals surface area (Å²) < 4.78 is 43.0. The number of nitrogens with zero attached hydrogens (tertiary/aromatic N) is 2. The highest BCUT2D eigenvalue weighted by molar-refractivity contribution is 8.00. The van der Waals surface area contributed by atoms with Gasteiger partial charge in [-0.1, -0.05) is 77.7 Å². The molecule has 7 nitrogen and oxygen atoms in total. The summed E-state index contributed by atoms with van der Waals surface area (Å²) in [5.41, 5.74) is 0.513. The van der Waals surface area contributed by atoms with Crippen molar-refractivity contribution in [1.29, 1.82) is 0 Å². The lowest BCUT2D eigenvalue weighted by atomic mass is 9.83. The van der Waals surface area contributed by atoms with Crippen LogP contribution in [0.25, 0.3) is 0 Å². The van der Waals surface area contributed by atoms with E-state index in [1.54, 1.807) is 48.5 Å². The molecule has 3 heterocycles. The fraction of sp³-hybridized carbons (Fsp3) is 0.200. The molecule has 1 saturated heterocycles. The molecule has 1 fully saturated rings. The Morgan fingerprint density at radius 1 is 0.929 bits per heavy atom. The number of imide groups is 1. The van der Waals surface area contributed by atoms with Crippen molar-refractivity contribution in [3.8, 4) is 0 Å². The fourth-order valence-electron chi connectivity index (χ4n) is 5.49. The summed E-state index contributed by atoms with van der Waals surface area (Å²) in [6.45, 7) is 1.54. The minimum Gasteiger partial charge on any atom is -0.325 e. The van der Waals surface area contributed by atoms with Crippen molar-refractivity contribution in [2.75, 3.05) is 10.2 Å². The van der Waals surface area contributed by atoms with Crippen LogP contribution in [0.1, 0.15) is 27.5 Å². The summed E-state index contributed by atoms with van der Waals surface area (Å²) in [6.07, 6.45) is -4.79. The molecule has 0 bridgehead atoms. The smallest absolute Gasteiger partial charge is 0.325 e. The second kappa shape index (κ2) is 10.6. The van der Waals surface area contributed by atoms with E-state index in [4.69, 9.17) is 0 Å². The van der Waals surface area contributed by atoms with E-state index in [1.807, 2.05) is 13.0 Å². The molecule has 4 aromatic rings. The standard InChI is InChI=1S/C30H22F3N3O4S2/c1-16-8-7-11-18(14-16)34-21(37)15-35-28-25(42-29(35)40)22(17-9-3-2-4-10-17)23-24(41-28)27(39)36(26(23)38)20-13-6-5-12-19(20)30(31,32)33/h2-14,22-24H,15H2,1H3,(H,34,37). The summed E-state index contributed by atoms with van der Waals surface area (Å²) in [5, 5.41) is 2.02. The number of halogens is 3. The van der Waals surface area contributed by atoms with Crippen LogP contribution in [0.4, 0.5) is 24.5 Å². The number of amides is 3. The molecule has 2 aliphatic heterocycles. The highest BCUT2D eigenvalue weighted by atomic mass is 32.2. The molecule has 12 heteroatoms. The maximum Gasteiger partial charge on any atom is 0.418 e. The first-order valence-electron chi connectivity index (χ1n) is 12.9. The molecule has 1 aromatic heterocycles. The number of rotatable bonds is 5. The average Bonchev–Trinajstić information content (AvgIpc) is 3.39. The molecule has 0 aliphatic carbocycles. The first-order chi connectivity index (χ1) is 20.0. The Hall–Kier alpha value is -4.16. The zero-order chi connectivity index (χ0) is 29.8. The zero-order valence-electron chi connectivity index (χ0n) is 21.9. The molecular weight excluding hydrogens is 587 g/mol. The maximum atomic E-state index is 13.9. The van der Waals surface area contributed by atoms with Gasteiger partial charge in [0.25, 0.3) is 0 Å². The predicted octanol–water partition coefficient (Wildman–Crippen LogP) is 5.67. The molecule has 2 aliphatic rings. The molecule has 214 valence electrons. The van der Waals surface area contributed by atoms with Gasteiger partial charge in [0.15, 0.2) is 0 Å². The average molecular weight is 610 g/mol. The van der Waals surface area contributed by atoms with E-state index < -0.39 is 57.1 Å². The molecule has 42 heavy (non-hydrogen) atoms. The molecule has 0 radical (unpaired) electrons. The highest BCUT2D eigenvalue weighted by Gasteiger charge is 2.57. The summed E-state index contributed by atoms with van der Waals surface area (Å²) >= 11 is 1.82. The summed E-state index contributed by atoms with van der Waals surface area (Å²) in [6, 6.07) is 20.4. The third kappa shape index (κ3) is 4.84. The lowest BCUT2D eigenvalue weighted by Gasteiger charge is -2.30. The van der Waals surface area contributed by atoms with Crippen molar-refractivity contribution in [1.82, 2.24) is 4.57 Å². The van der Waals surface area contributed by atoms with Gasteiger partial charge < -0.3 is 5.32 Å². The summed E-state index contributed by atoms with van der Waals surface area (Å²) in [5.74, 6) is -3.85. The van der Waals surface area contributed by atoms with Gasteiger partial charge in [0, 0.05) is 16.5 Å². The van der Waals surface area contributed by atoms with Crippen molar-refractivity contribution in [3.05, 3.63) is 110 Å². The van der Waals surface area contributed by atoms with E-state index in [2.05, 4.69) is 5.32 Å². The second-order valence-corrected chi connectivity index (χ2v) is 12.1. The molecule has 3 amide bonds. The Labute approximate surface area is 246 Å². The topological polar surface area (TPSA) is 88.5 Å². The summed E-state index contributed by atoms with van der Waals surface area (Å²) in [4.78, 5) is 54.6. The number of hydrogen-bond acceptors (Lipinski definition) is 6. The SMILES string of the molecule is Cc1cccc(NC(=O)Cn2c3c(sc2=O)C(c2ccccc2)C2C(=O)N(c4ccccc4C(F)(F)F)C(=O)C2S3)c1. The first-order valence-corrected chi connectivity index (χ1v) is 14.6. The number of carbonyl (C=O) groups excluding carboxylic acids is 3. The largest absolute Gasteiger partial charge is 0.418 e. The lowest BCUT2D eigenvalue weighted by Crippen LogP contribution is -2.33. The number of para-hydroxylation sites is 1. The van der Waals surface area contributed by atoms with Gasteiger partial charge in [-0.05, 0) is 42.3 Å². The van der Waals surface area contributed by atoms with Crippen LogP contribution in [0, 0.1) is 12.8 Å². The van der Waals surface area contributed by atoms with Crippen LogP contribution in [-0.2, 0) is 27.1 Å². The molecule has 3 aromatic carbocycles. The molecular formula is C30H22F3N3O4S2. The quantitative estimate of drug-likeness (QED) is 0.295. The van der Waals surface area contributed by atoms with Crippen LogP contribution < -0.4 is 15.1 Å². The van der Waals surface area contributed by atoms with E-state index in [9.17, 15) is 32.3 Å². The van der Waals surface area contributed by atoms with Crippen LogP contribution in [0.15, 0.2) is 88.7 Å². The minimum absolute atomic E-state index is 0.340. The minimum atomic E-state index is -4.79. The third-order valence-electron chi connectivity index (χ3n) is 7.26. The van der Waals surface area contributed by atoms with Crippen molar-refractivity contribution in [2.24, 2.45) is 5.92 Å². The lowest BCUT2D eigenvalue weighted by molar-refractivity contribution is -0.137. The normalized spacial score (nSPS) is 19.9. The van der Waals surface area contributed by atoms with Crippen molar-refractivity contribution in [2.45, 2.75) is 35.8 Å². The number of thiazole rings is 1. The van der Waals surface area contributed by atoms with E-state index >= 15 is 0 Å². The maximum absolute atomic E-state index is 13.9. The zero-order valence-corrected chi connectivity index (χ0v) is 23.6. The van der Waals surface area contributed by atoms with Gasteiger partial charge in [0.05, 0.1) is 22.2 Å². The molecule has 0 spiro atoms. The van der Waals surface area contributed by atoms with Crippen molar-refractivity contribution < 1.29 is 27.6 Å². The van der Waals surface area contributed by atoms with E-state index in [1.165, 1.54) is 16.7 Å². The predicted molar refractivity (Wildman–Crippen MR) is 154 cm³/mol. The van der Waals surface area contributed by atoms with Crippen molar-refractivity contribution in [3.63, 3.8) is 0 Å². The van der Waals surface area contributed by atoms with Gasteiger partial charge in [-0.3, -0.25) is 23.7 Å². The van der Waals surface area contributed by atoms with E-state index in [0.717, 1.165) is 40.8 Å². The van der Waals surface area contributed by atoms with Gasteiger partial charge in [0.1, 0.15) is 11.8 Å². The van der Waals surface area contributed by atoms with Crippen LogP contribution >= 0.6 is 23.1 Å². The Bertz CT molecular complexity index is 1780. The first kappa shape index (κ1) is 28.0. The highest BCUT2D eigenvalue weighted by Crippen LogP contribution is 2.54. The Kier molecular flexibility index (Phi) is 7.06. The second-order valence-electron chi connectivity index (χ2n) is 10.0. The molecule has 6 rings (SSSR count). The number of aromatic nitrogens is 1. The number of thioether (sulfide) groups is 1. The molecule has 3 unspecified atom stereocenters. The fourth-order valence-corrected chi connectivity index (χ4v) is 8.26. The number of benzene rings is 3. The van der Waals surface area contributed by atoms with Gasteiger partial charge in [0.2, 0.25) is 17.7 Å². The number of carbonyl (C=O) groups is 3. The van der Waals surface area contributed by atoms with Gasteiger partial charge >= 0.3 is 11.0 Å². The Balaban J connectivity index is 1.42. The van der Waals surface area contributed by atoms with Gasteiger partial charge in [-0.2, -0.15) is 13.2 Å². The molecule has 0 saturated carbocycles. The van der Waals surface area contributed by atoms with Crippen LogP contribution in [-0.4, -0.2) is 27.5 Å². The Morgan fingerprint density at radius 3 is 2.36 bits per heavy atom. The molecule has 3 atom stereocenters. The number of anilines is 2. The number of aryl methyl sites for hydroxylation is 1. The van der Waals surface area contributed by atoms with Gasteiger partial charge in [-0.15, -0.1) is 0 Å². The number of fused-ring (bicyclic) bond motifs is 2. The number of hydrogen-bond donors (Lipinski definition) is 1. The third-order valence-corrected chi connectivity index (χ3v) is 9.87. The summed E-state index contributed by atoms with van der Waals surface area (Å²) in [7, 11) is 0. The van der Waals surface area contributed by atoms with E-state index in [0.29, 0.717) is 26.1 Å². The van der Waals surface area contributed by atoms with Crippen LogP contribution in [0.5, 0.6) is 0 Å². The van der Waals surface area contributed by atoms with Crippen LogP contribution in [0.2, 0.25) is 0 Å². The van der Waals surface area contributed by atoms with Gasteiger partial charge in [-0.25, -0.2) is 4.90 Å². The van der Waals surface area contributed by atoms with Crippen LogP contribution in [0.3, 0.4) is 0 Å². The Morgan fingerprint density at radius 2 is 1.64 bits per heavy atom. The molecule has 1 N–H and O–H groups in total. The number of alkyl halides is 3. The van der Waals surface area contributed by atoms with E-state index in [-0.39, 0.29) is 6.54 Å². The van der Waals surface area contributed by atoms with Crippen molar-refractivity contribution >= 4 is 52.2 Å². The number of nitrogens with one attached hydrogen (secondary N) is 1. The monoisotopic (exact) mass is 609 g/mol.